The number of allylic oxidation sites excluding steroid dienone is 2. The number of imide groups is 3. The zero-order valence-corrected chi connectivity index (χ0v) is 23.7. The van der Waals surface area contributed by atoms with Gasteiger partial charge in [-0.2, -0.15) is 4.90 Å². The van der Waals surface area contributed by atoms with Crippen LogP contribution < -0.4 is 0 Å². The van der Waals surface area contributed by atoms with Gasteiger partial charge >= 0.3 is 13.2 Å². The van der Waals surface area contributed by atoms with Crippen molar-refractivity contribution in [1.29, 1.82) is 0 Å². The Bertz CT molecular complexity index is 1180. The Morgan fingerprint density at radius 1 is 1.13 bits per heavy atom. The number of nitrogens with zero attached hydrogens (tertiary/aromatic N) is 1. The molecule has 1 aromatic rings. The van der Waals surface area contributed by atoms with Gasteiger partial charge in [0, 0.05) is 0 Å². The van der Waals surface area contributed by atoms with Gasteiger partial charge in [-0.15, -0.1) is 0 Å². The summed E-state index contributed by atoms with van der Waals surface area (Å²) in [6.45, 7) is 8.00. The minimum Gasteiger partial charge on any atom is -0.507 e. The second-order valence-electron chi connectivity index (χ2n) is 11.1. The Balaban J connectivity index is 1.64. The molecule has 0 spiro atoms. The predicted octanol–water partition coefficient (Wildman–Crippen LogP) is 5.34. The average molecular weight is 537 g/mol. The normalized spacial score (nSPS) is 25.2. The van der Waals surface area contributed by atoms with Crippen LogP contribution >= 0.6 is 0 Å². The van der Waals surface area contributed by atoms with Crippen LogP contribution in [0.5, 0.6) is 5.75 Å². The van der Waals surface area contributed by atoms with Gasteiger partial charge in [-0.3, -0.25) is 9.59 Å². The SMILES string of the molecule is CCCC1=C2[C@@H](CC/C(=C/c3cc(C)c(O)c(C)c3)CCC)OB(O)C[C@@H]2[C@@H]2C(=O)N(C(=O)OC)C(=O)[C@@H]2C1. The maximum absolute atomic E-state index is 13.3. The van der Waals surface area contributed by atoms with Crippen LogP contribution in [0.15, 0.2) is 28.9 Å². The summed E-state index contributed by atoms with van der Waals surface area (Å²) in [7, 11) is 0.106. The van der Waals surface area contributed by atoms with Crippen LogP contribution in [-0.4, -0.2) is 53.3 Å². The quantitative estimate of drug-likeness (QED) is 0.262. The summed E-state index contributed by atoms with van der Waals surface area (Å²) in [5, 5.41) is 20.9. The van der Waals surface area contributed by atoms with Crippen LogP contribution in [-0.2, 0) is 19.0 Å². The van der Waals surface area contributed by atoms with Gasteiger partial charge in [-0.05, 0) is 92.6 Å². The van der Waals surface area contributed by atoms with E-state index < -0.39 is 36.9 Å². The molecule has 3 aliphatic rings. The van der Waals surface area contributed by atoms with E-state index in [9.17, 15) is 24.5 Å². The van der Waals surface area contributed by atoms with Crippen LogP contribution in [0.4, 0.5) is 4.79 Å². The van der Waals surface area contributed by atoms with Gasteiger partial charge in [0.25, 0.3) is 0 Å². The largest absolute Gasteiger partial charge is 0.507 e. The monoisotopic (exact) mass is 537 g/mol. The molecule has 0 unspecified atom stereocenters. The Morgan fingerprint density at radius 2 is 1.82 bits per heavy atom. The molecule has 2 saturated heterocycles. The third-order valence-electron chi connectivity index (χ3n) is 8.40. The standard InChI is InChI=1S/C30H40BNO7/c1-6-8-19(14-20-12-17(3)27(33)18(4)13-20)10-11-24-25-21(9-7-2)15-22-26(23(25)16-31(37)39-24)29(35)32(28(22)34)30(36)38-5/h12-14,22-24,26,33,37H,6-11,15-16H2,1-5H3/b19-14+/t22-,23+,24-,26-/m1/s1. The fraction of sp³-hybridized carbons (Fsp3) is 0.567. The number of phenolic OH excluding ortho intramolecular Hbond substituents is 1. The molecule has 0 bridgehead atoms. The summed E-state index contributed by atoms with van der Waals surface area (Å²) in [5.41, 5.74) is 6.10. The molecule has 2 fully saturated rings. The number of phenols is 1. The number of rotatable bonds is 8. The first-order chi connectivity index (χ1) is 18.6. The average Bonchev–Trinajstić information content (AvgIpc) is 3.14. The molecular weight excluding hydrogens is 497 g/mol. The van der Waals surface area contributed by atoms with Gasteiger partial charge in [0.1, 0.15) is 5.75 Å². The van der Waals surface area contributed by atoms with Gasteiger partial charge in [0.15, 0.2) is 0 Å². The van der Waals surface area contributed by atoms with Gasteiger partial charge < -0.3 is 19.5 Å². The number of hydrogen-bond acceptors (Lipinski definition) is 7. The molecule has 3 amide bonds. The number of ether oxygens (including phenoxy) is 1. The number of likely N-dealkylation sites (tertiary alicyclic amines) is 1. The number of amides is 3. The summed E-state index contributed by atoms with van der Waals surface area (Å²) in [5.74, 6) is -2.39. The van der Waals surface area contributed by atoms with Crippen LogP contribution in [0.2, 0.25) is 6.32 Å². The highest BCUT2D eigenvalue weighted by Gasteiger charge is 2.59. The molecule has 9 heteroatoms. The molecule has 1 aliphatic carbocycles. The lowest BCUT2D eigenvalue weighted by Crippen LogP contribution is -2.46. The van der Waals surface area contributed by atoms with E-state index in [1.165, 1.54) is 5.57 Å². The molecule has 4 rings (SSSR count). The summed E-state index contributed by atoms with van der Waals surface area (Å²) < 4.78 is 10.8. The molecule has 2 N–H and O–H groups in total. The number of carbonyl (C=O) groups excluding carboxylic acids is 3. The van der Waals surface area contributed by atoms with Crippen LogP contribution in [0.25, 0.3) is 6.08 Å². The topological polar surface area (TPSA) is 113 Å². The molecule has 2 heterocycles. The highest BCUT2D eigenvalue weighted by atomic mass is 16.5. The van der Waals surface area contributed by atoms with Gasteiger partial charge in [-0.25, -0.2) is 4.79 Å². The van der Waals surface area contributed by atoms with E-state index in [4.69, 9.17) is 9.39 Å². The lowest BCUT2D eigenvalue weighted by molar-refractivity contribution is -0.137. The van der Waals surface area contributed by atoms with E-state index in [1.54, 1.807) is 0 Å². The third-order valence-corrected chi connectivity index (χ3v) is 8.40. The van der Waals surface area contributed by atoms with Crippen LogP contribution in [0.1, 0.15) is 75.5 Å². The van der Waals surface area contributed by atoms with Gasteiger partial charge in [0.2, 0.25) is 11.8 Å². The number of aromatic hydroxyl groups is 1. The second kappa shape index (κ2) is 12.1. The number of hydrogen-bond donors (Lipinski definition) is 2. The molecular formula is C30H40BNO7. The predicted molar refractivity (Wildman–Crippen MR) is 149 cm³/mol. The lowest BCUT2D eigenvalue weighted by Gasteiger charge is -2.43. The number of fused-ring (bicyclic) bond motifs is 3. The molecule has 0 aromatic heterocycles. The zero-order chi connectivity index (χ0) is 28.4. The molecule has 4 atom stereocenters. The van der Waals surface area contributed by atoms with Gasteiger partial charge in [-0.1, -0.05) is 43.9 Å². The van der Waals surface area contributed by atoms with Crippen molar-refractivity contribution in [2.24, 2.45) is 17.8 Å². The van der Waals surface area contributed by atoms with Crippen molar-refractivity contribution in [3.8, 4) is 5.75 Å². The van der Waals surface area contributed by atoms with Crippen molar-refractivity contribution in [3.05, 3.63) is 45.5 Å². The van der Waals surface area contributed by atoms with Crippen molar-refractivity contribution in [1.82, 2.24) is 4.90 Å². The first kappa shape index (κ1) is 29.1. The maximum atomic E-state index is 13.3. The summed E-state index contributed by atoms with van der Waals surface area (Å²) in [6.07, 6.45) is 6.40. The minimum atomic E-state index is -1.05. The number of benzene rings is 1. The van der Waals surface area contributed by atoms with Crippen molar-refractivity contribution in [2.75, 3.05) is 7.11 Å². The second-order valence-corrected chi connectivity index (χ2v) is 11.1. The Labute approximate surface area is 231 Å². The van der Waals surface area contributed by atoms with E-state index in [0.717, 1.165) is 67.1 Å². The molecule has 210 valence electrons. The van der Waals surface area contributed by atoms with E-state index in [-0.39, 0.29) is 18.3 Å². The molecule has 8 nitrogen and oxygen atoms in total. The third kappa shape index (κ3) is 5.70. The van der Waals surface area contributed by atoms with Crippen LogP contribution in [0, 0.1) is 31.6 Å². The summed E-state index contributed by atoms with van der Waals surface area (Å²) in [4.78, 5) is 39.4. The van der Waals surface area contributed by atoms with Crippen molar-refractivity contribution < 1.29 is 33.9 Å². The van der Waals surface area contributed by atoms with Crippen molar-refractivity contribution >= 4 is 31.1 Å². The van der Waals surface area contributed by atoms with Crippen molar-refractivity contribution in [3.63, 3.8) is 0 Å². The number of aryl methyl sites for hydroxylation is 2. The zero-order valence-electron chi connectivity index (χ0n) is 23.7. The van der Waals surface area contributed by atoms with E-state index >= 15 is 0 Å². The molecule has 39 heavy (non-hydrogen) atoms. The number of carbonyl (C=O) groups is 3. The van der Waals surface area contributed by atoms with Gasteiger partial charge in [0.05, 0.1) is 25.0 Å². The minimum absolute atomic E-state index is 0.220. The first-order valence-electron chi connectivity index (χ1n) is 14.1. The number of methoxy groups -OCH3 is 1. The molecule has 0 radical (unpaired) electrons. The van der Waals surface area contributed by atoms with Crippen molar-refractivity contribution in [2.45, 2.75) is 85.1 Å². The maximum Gasteiger partial charge on any atom is 0.455 e. The van der Waals surface area contributed by atoms with E-state index in [2.05, 4.69) is 19.9 Å². The van der Waals surface area contributed by atoms with E-state index in [1.807, 2.05) is 26.0 Å². The fourth-order valence-corrected chi connectivity index (χ4v) is 6.79. The van der Waals surface area contributed by atoms with E-state index in [0.29, 0.717) is 23.5 Å². The Morgan fingerprint density at radius 3 is 2.44 bits per heavy atom. The molecule has 2 aliphatic heterocycles. The lowest BCUT2D eigenvalue weighted by atomic mass is 9.58. The Hall–Kier alpha value is -2.91. The highest BCUT2D eigenvalue weighted by Crippen LogP contribution is 2.51. The smallest absolute Gasteiger partial charge is 0.455 e. The highest BCUT2D eigenvalue weighted by molar-refractivity contribution is 6.43. The Kier molecular flexibility index (Phi) is 9.02. The first-order valence-corrected chi connectivity index (χ1v) is 14.1. The van der Waals surface area contributed by atoms with Crippen LogP contribution in [0.3, 0.4) is 0 Å². The molecule has 0 saturated carbocycles. The summed E-state index contributed by atoms with van der Waals surface area (Å²) >= 11 is 0. The fourth-order valence-electron chi connectivity index (χ4n) is 6.79. The summed E-state index contributed by atoms with van der Waals surface area (Å²) in [6, 6.07) is 3.96. The molecule has 1 aromatic carbocycles.